The largest absolute Gasteiger partial charge is 0.396 e. The molecule has 0 spiro atoms. The third kappa shape index (κ3) is 4.26. The average molecular weight is 244 g/mol. The van der Waals surface area contributed by atoms with E-state index >= 15 is 0 Å². The highest BCUT2D eigenvalue weighted by atomic mass is 32.2. The predicted octanol–water partition coefficient (Wildman–Crippen LogP) is 0.522. The van der Waals surface area contributed by atoms with Crippen LogP contribution < -0.4 is 4.72 Å². The number of aliphatic hydroxyl groups excluding tert-OH is 1. The van der Waals surface area contributed by atoms with E-state index in [4.69, 9.17) is 5.11 Å². The van der Waals surface area contributed by atoms with Crippen molar-refractivity contribution in [2.75, 3.05) is 13.2 Å². The van der Waals surface area contributed by atoms with E-state index in [9.17, 15) is 8.42 Å². The number of rotatable bonds is 7. The Morgan fingerprint density at radius 2 is 2.12 bits per heavy atom. The van der Waals surface area contributed by atoms with Gasteiger partial charge < -0.3 is 5.11 Å². The first-order valence-corrected chi connectivity index (χ1v) is 6.65. The summed E-state index contributed by atoms with van der Waals surface area (Å²) in [5.74, 6) is 0. The summed E-state index contributed by atoms with van der Waals surface area (Å²) in [7, 11) is -3.42. The fourth-order valence-electron chi connectivity index (χ4n) is 1.21. The molecule has 1 heterocycles. The molecule has 0 bridgehead atoms. The molecule has 1 rings (SSSR count). The van der Waals surface area contributed by atoms with E-state index in [0.29, 0.717) is 13.0 Å². The second-order valence-electron chi connectivity index (χ2n) is 3.37. The zero-order valence-corrected chi connectivity index (χ0v) is 9.78. The molecule has 0 saturated heterocycles. The Morgan fingerprint density at radius 1 is 1.31 bits per heavy atom. The van der Waals surface area contributed by atoms with Gasteiger partial charge in [0, 0.05) is 25.5 Å². The van der Waals surface area contributed by atoms with Crippen LogP contribution in [0.3, 0.4) is 0 Å². The Kier molecular flexibility index (Phi) is 5.37. The summed E-state index contributed by atoms with van der Waals surface area (Å²) in [6, 6.07) is 3.09. The van der Waals surface area contributed by atoms with Crippen LogP contribution in [0, 0.1) is 0 Å². The van der Waals surface area contributed by atoms with Crippen LogP contribution in [0.1, 0.15) is 19.3 Å². The van der Waals surface area contributed by atoms with Crippen LogP contribution in [0.4, 0.5) is 0 Å². The zero-order chi connectivity index (χ0) is 11.9. The fraction of sp³-hybridized carbons (Fsp3) is 0.500. The van der Waals surface area contributed by atoms with E-state index in [1.807, 2.05) is 0 Å². The van der Waals surface area contributed by atoms with Gasteiger partial charge in [0.05, 0.1) is 0 Å². The number of pyridine rings is 1. The first kappa shape index (κ1) is 13.1. The monoisotopic (exact) mass is 244 g/mol. The van der Waals surface area contributed by atoms with Gasteiger partial charge >= 0.3 is 0 Å². The molecule has 5 nitrogen and oxygen atoms in total. The van der Waals surface area contributed by atoms with E-state index in [1.165, 1.54) is 18.5 Å². The molecule has 0 aliphatic carbocycles. The van der Waals surface area contributed by atoms with Gasteiger partial charge in [-0.15, -0.1) is 0 Å². The molecule has 1 aromatic heterocycles. The molecule has 90 valence electrons. The lowest BCUT2D eigenvalue weighted by molar-refractivity contribution is 0.283. The van der Waals surface area contributed by atoms with Gasteiger partial charge in [-0.1, -0.05) is 0 Å². The van der Waals surface area contributed by atoms with Gasteiger partial charge in [0.2, 0.25) is 10.0 Å². The lowest BCUT2D eigenvalue weighted by Crippen LogP contribution is -2.24. The molecule has 0 amide bonds. The highest BCUT2D eigenvalue weighted by Crippen LogP contribution is 2.05. The van der Waals surface area contributed by atoms with Crippen molar-refractivity contribution in [3.05, 3.63) is 24.5 Å². The molecule has 6 heteroatoms. The van der Waals surface area contributed by atoms with Crippen LogP contribution in [-0.4, -0.2) is 31.7 Å². The van der Waals surface area contributed by atoms with Crippen molar-refractivity contribution in [2.24, 2.45) is 0 Å². The van der Waals surface area contributed by atoms with Crippen molar-refractivity contribution >= 4 is 10.0 Å². The number of nitrogens with one attached hydrogen (secondary N) is 1. The number of sulfonamides is 1. The van der Waals surface area contributed by atoms with Crippen molar-refractivity contribution in [1.82, 2.24) is 9.71 Å². The van der Waals surface area contributed by atoms with E-state index in [0.717, 1.165) is 12.8 Å². The minimum Gasteiger partial charge on any atom is -0.396 e. The quantitative estimate of drug-likeness (QED) is 0.685. The summed E-state index contributed by atoms with van der Waals surface area (Å²) >= 11 is 0. The van der Waals surface area contributed by atoms with Crippen molar-refractivity contribution in [3.8, 4) is 0 Å². The SMILES string of the molecule is O=S(=O)(NCCCCCO)c1cccnc1. The smallest absolute Gasteiger partial charge is 0.242 e. The van der Waals surface area contributed by atoms with Gasteiger partial charge in [0.25, 0.3) is 0 Å². The summed E-state index contributed by atoms with van der Waals surface area (Å²) in [6.45, 7) is 0.534. The topological polar surface area (TPSA) is 79.3 Å². The molecule has 16 heavy (non-hydrogen) atoms. The molecule has 0 atom stereocenters. The molecule has 1 aromatic rings. The Morgan fingerprint density at radius 3 is 2.75 bits per heavy atom. The summed E-state index contributed by atoms with van der Waals surface area (Å²) < 4.78 is 25.8. The molecule has 0 unspecified atom stereocenters. The number of aliphatic hydroxyl groups is 1. The van der Waals surface area contributed by atoms with E-state index < -0.39 is 10.0 Å². The summed E-state index contributed by atoms with van der Waals surface area (Å²) in [4.78, 5) is 3.93. The highest BCUT2D eigenvalue weighted by Gasteiger charge is 2.12. The zero-order valence-electron chi connectivity index (χ0n) is 8.96. The third-order valence-electron chi connectivity index (χ3n) is 2.07. The van der Waals surface area contributed by atoms with E-state index in [1.54, 1.807) is 6.07 Å². The lowest BCUT2D eigenvalue weighted by atomic mass is 10.2. The summed E-state index contributed by atoms with van der Waals surface area (Å²) in [5, 5.41) is 8.56. The van der Waals surface area contributed by atoms with Crippen LogP contribution in [0.2, 0.25) is 0 Å². The lowest BCUT2D eigenvalue weighted by Gasteiger charge is -2.05. The van der Waals surface area contributed by atoms with Gasteiger partial charge in [-0.05, 0) is 31.4 Å². The third-order valence-corrected chi connectivity index (χ3v) is 3.52. The van der Waals surface area contributed by atoms with Gasteiger partial charge in [0.1, 0.15) is 4.90 Å². The molecule has 0 aliphatic rings. The number of unbranched alkanes of at least 4 members (excludes halogenated alkanes) is 2. The molecule has 0 aromatic carbocycles. The molecule has 0 saturated carbocycles. The Hall–Kier alpha value is -0.980. The van der Waals surface area contributed by atoms with Crippen LogP contribution >= 0.6 is 0 Å². The van der Waals surface area contributed by atoms with Crippen molar-refractivity contribution in [2.45, 2.75) is 24.2 Å². The maximum Gasteiger partial charge on any atom is 0.242 e. The number of aromatic nitrogens is 1. The normalized spacial score (nSPS) is 11.6. The van der Waals surface area contributed by atoms with Crippen LogP contribution in [0.15, 0.2) is 29.4 Å². The molecule has 2 N–H and O–H groups in total. The number of hydrogen-bond acceptors (Lipinski definition) is 4. The van der Waals surface area contributed by atoms with Gasteiger partial charge in [0.15, 0.2) is 0 Å². The molecular formula is C10H16N2O3S. The maximum atomic E-state index is 11.7. The van der Waals surface area contributed by atoms with Gasteiger partial charge in [-0.2, -0.15) is 0 Å². The van der Waals surface area contributed by atoms with Gasteiger partial charge in [-0.25, -0.2) is 13.1 Å². The summed E-state index contributed by atoms with van der Waals surface area (Å²) in [6.07, 6.45) is 5.08. The highest BCUT2D eigenvalue weighted by molar-refractivity contribution is 7.89. The maximum absolute atomic E-state index is 11.7. The average Bonchev–Trinajstić information content (AvgIpc) is 2.30. The number of hydrogen-bond donors (Lipinski definition) is 2. The predicted molar refractivity (Wildman–Crippen MR) is 60.4 cm³/mol. The first-order chi connectivity index (χ1) is 7.67. The molecule has 0 fully saturated rings. The van der Waals surface area contributed by atoms with Crippen molar-refractivity contribution < 1.29 is 13.5 Å². The minimum atomic E-state index is -3.42. The molecule has 0 radical (unpaired) electrons. The van der Waals surface area contributed by atoms with Crippen molar-refractivity contribution in [3.63, 3.8) is 0 Å². The Bertz CT molecular complexity index is 392. The van der Waals surface area contributed by atoms with Crippen LogP contribution in [-0.2, 0) is 10.0 Å². The fourth-order valence-corrected chi connectivity index (χ4v) is 2.25. The molecular weight excluding hydrogens is 228 g/mol. The second-order valence-corrected chi connectivity index (χ2v) is 5.14. The van der Waals surface area contributed by atoms with Gasteiger partial charge in [-0.3, -0.25) is 4.98 Å². The second kappa shape index (κ2) is 6.57. The standard InChI is InChI=1S/C10H16N2O3S/c13-8-3-1-2-7-12-16(14,15)10-5-4-6-11-9-10/h4-6,9,12-13H,1-3,7-8H2. The van der Waals surface area contributed by atoms with E-state index in [2.05, 4.69) is 9.71 Å². The van der Waals surface area contributed by atoms with E-state index in [-0.39, 0.29) is 11.5 Å². The van der Waals surface area contributed by atoms with Crippen LogP contribution in [0.25, 0.3) is 0 Å². The minimum absolute atomic E-state index is 0.148. The number of nitrogens with zero attached hydrogens (tertiary/aromatic N) is 1. The Balaban J connectivity index is 2.41. The Labute approximate surface area is 95.6 Å². The molecule has 0 aliphatic heterocycles. The first-order valence-electron chi connectivity index (χ1n) is 5.17. The summed E-state index contributed by atoms with van der Waals surface area (Å²) in [5.41, 5.74) is 0. The van der Waals surface area contributed by atoms with Crippen LogP contribution in [0.5, 0.6) is 0 Å². The van der Waals surface area contributed by atoms with Crippen molar-refractivity contribution in [1.29, 1.82) is 0 Å².